The molecule has 1 aromatic rings. The molecule has 1 unspecified atom stereocenters. The van der Waals surface area contributed by atoms with E-state index in [-0.39, 0.29) is 12.2 Å². The lowest BCUT2D eigenvalue weighted by atomic mass is 9.99. The quantitative estimate of drug-likeness (QED) is 0.823. The number of hydrogen-bond donors (Lipinski definition) is 1. The standard InChI is InChI=1S/C12H13ClO3/c1-7-3-4-9(12(13)8(2)14)5-10(7)6-11(15)16/h3-5,12H,6H2,1-2H3,(H,15,16). The number of hydrogen-bond acceptors (Lipinski definition) is 2. The van der Waals surface area contributed by atoms with Gasteiger partial charge in [0.2, 0.25) is 0 Å². The van der Waals surface area contributed by atoms with Crippen LogP contribution in [-0.4, -0.2) is 16.9 Å². The molecule has 0 amide bonds. The Bertz CT molecular complexity index is 426. The number of Topliss-reactive ketones (excluding diaryl/α,β-unsaturated/α-hetero) is 1. The van der Waals surface area contributed by atoms with Crippen LogP contribution < -0.4 is 0 Å². The number of ketones is 1. The predicted octanol–water partition coefficient (Wildman–Crippen LogP) is 2.49. The summed E-state index contributed by atoms with van der Waals surface area (Å²) < 4.78 is 0. The van der Waals surface area contributed by atoms with Gasteiger partial charge in [0.05, 0.1) is 6.42 Å². The van der Waals surface area contributed by atoms with Crippen LogP contribution in [-0.2, 0) is 16.0 Å². The van der Waals surface area contributed by atoms with Gasteiger partial charge < -0.3 is 5.11 Å². The molecule has 0 aliphatic heterocycles. The first kappa shape index (κ1) is 12.7. The Balaban J connectivity index is 3.06. The Kier molecular flexibility index (Phi) is 4.07. The summed E-state index contributed by atoms with van der Waals surface area (Å²) in [6, 6.07) is 5.22. The third kappa shape index (κ3) is 3.07. The number of rotatable bonds is 4. The molecule has 0 aliphatic rings. The van der Waals surface area contributed by atoms with Crippen LogP contribution in [0.15, 0.2) is 18.2 Å². The molecule has 0 spiro atoms. The second-order valence-corrected chi connectivity index (χ2v) is 4.17. The van der Waals surface area contributed by atoms with Crippen LogP contribution in [0.4, 0.5) is 0 Å². The second-order valence-electron chi connectivity index (χ2n) is 3.73. The van der Waals surface area contributed by atoms with Crippen molar-refractivity contribution in [3.63, 3.8) is 0 Å². The van der Waals surface area contributed by atoms with Gasteiger partial charge in [0, 0.05) is 0 Å². The second kappa shape index (κ2) is 5.12. The van der Waals surface area contributed by atoms with Gasteiger partial charge in [-0.25, -0.2) is 0 Å². The van der Waals surface area contributed by atoms with Crippen molar-refractivity contribution in [3.05, 3.63) is 34.9 Å². The van der Waals surface area contributed by atoms with E-state index < -0.39 is 11.3 Å². The van der Waals surface area contributed by atoms with Crippen molar-refractivity contribution < 1.29 is 14.7 Å². The topological polar surface area (TPSA) is 54.4 Å². The van der Waals surface area contributed by atoms with Crippen molar-refractivity contribution in [2.24, 2.45) is 0 Å². The summed E-state index contributed by atoms with van der Waals surface area (Å²) in [5.41, 5.74) is 2.23. The monoisotopic (exact) mass is 240 g/mol. The number of carboxylic acid groups (broad SMARTS) is 1. The lowest BCUT2D eigenvalue weighted by Gasteiger charge is -2.09. The fourth-order valence-corrected chi connectivity index (χ4v) is 1.57. The van der Waals surface area contributed by atoms with E-state index in [0.29, 0.717) is 11.1 Å². The number of carboxylic acids is 1. The first-order valence-electron chi connectivity index (χ1n) is 4.87. The molecule has 1 N–H and O–H groups in total. The van der Waals surface area contributed by atoms with Crippen molar-refractivity contribution in [1.82, 2.24) is 0 Å². The normalized spacial score (nSPS) is 12.2. The zero-order valence-corrected chi connectivity index (χ0v) is 9.91. The molecule has 1 aromatic carbocycles. The Hall–Kier alpha value is -1.35. The largest absolute Gasteiger partial charge is 0.481 e. The smallest absolute Gasteiger partial charge is 0.307 e. The molecule has 0 aromatic heterocycles. The maximum atomic E-state index is 11.1. The molecule has 0 saturated heterocycles. The molecular weight excluding hydrogens is 228 g/mol. The van der Waals surface area contributed by atoms with Crippen molar-refractivity contribution in [1.29, 1.82) is 0 Å². The molecule has 1 rings (SSSR count). The highest BCUT2D eigenvalue weighted by molar-refractivity contribution is 6.30. The van der Waals surface area contributed by atoms with Gasteiger partial charge in [-0.15, -0.1) is 11.6 Å². The maximum Gasteiger partial charge on any atom is 0.307 e. The van der Waals surface area contributed by atoms with E-state index in [4.69, 9.17) is 16.7 Å². The SMILES string of the molecule is CC(=O)C(Cl)c1ccc(C)c(CC(=O)O)c1. The van der Waals surface area contributed by atoms with Crippen molar-refractivity contribution >= 4 is 23.4 Å². The lowest BCUT2D eigenvalue weighted by Crippen LogP contribution is -2.06. The average Bonchev–Trinajstić information content (AvgIpc) is 2.19. The minimum absolute atomic E-state index is 0.0544. The van der Waals surface area contributed by atoms with Crippen LogP contribution in [0, 0.1) is 6.92 Å². The molecule has 16 heavy (non-hydrogen) atoms. The summed E-state index contributed by atoms with van der Waals surface area (Å²) in [6.07, 6.45) is -0.0544. The molecule has 0 radical (unpaired) electrons. The van der Waals surface area contributed by atoms with Crippen LogP contribution in [0.2, 0.25) is 0 Å². The van der Waals surface area contributed by atoms with Crippen LogP contribution in [0.5, 0.6) is 0 Å². The number of halogens is 1. The molecule has 0 heterocycles. The van der Waals surface area contributed by atoms with Crippen LogP contribution in [0.25, 0.3) is 0 Å². The first-order chi connectivity index (χ1) is 7.41. The molecule has 4 heteroatoms. The number of aryl methyl sites for hydroxylation is 1. The van der Waals surface area contributed by atoms with Crippen molar-refractivity contribution in [2.75, 3.05) is 0 Å². The predicted molar refractivity (Wildman–Crippen MR) is 61.8 cm³/mol. The summed E-state index contributed by atoms with van der Waals surface area (Å²) in [6.45, 7) is 3.24. The average molecular weight is 241 g/mol. The Labute approximate surface area is 99.0 Å². The first-order valence-corrected chi connectivity index (χ1v) is 5.31. The summed E-state index contributed by atoms with van der Waals surface area (Å²) in [4.78, 5) is 21.8. The molecule has 0 aliphatic carbocycles. The van der Waals surface area contributed by atoms with Gasteiger partial charge in [0.15, 0.2) is 5.78 Å². The molecule has 0 fully saturated rings. The zero-order chi connectivity index (χ0) is 12.3. The number of carbonyl (C=O) groups is 2. The highest BCUT2D eigenvalue weighted by Crippen LogP contribution is 2.24. The molecule has 0 bridgehead atoms. The van der Waals surface area contributed by atoms with Gasteiger partial charge in [-0.05, 0) is 30.5 Å². The van der Waals surface area contributed by atoms with Gasteiger partial charge in [0.1, 0.15) is 5.38 Å². The van der Waals surface area contributed by atoms with Crippen LogP contribution in [0.1, 0.15) is 29.0 Å². The van der Waals surface area contributed by atoms with E-state index in [1.807, 2.05) is 6.92 Å². The third-order valence-electron chi connectivity index (χ3n) is 2.36. The number of benzene rings is 1. The number of aliphatic carboxylic acids is 1. The fourth-order valence-electron chi connectivity index (χ4n) is 1.44. The summed E-state index contributed by atoms with van der Waals surface area (Å²) >= 11 is 5.91. The van der Waals surface area contributed by atoms with Crippen LogP contribution >= 0.6 is 11.6 Å². The van der Waals surface area contributed by atoms with E-state index in [2.05, 4.69) is 0 Å². The van der Waals surface area contributed by atoms with E-state index in [9.17, 15) is 9.59 Å². The molecule has 3 nitrogen and oxygen atoms in total. The Morgan fingerprint density at radius 2 is 2.06 bits per heavy atom. The number of alkyl halides is 1. The summed E-state index contributed by atoms with van der Waals surface area (Å²) in [5, 5.41) is 8.03. The molecular formula is C12H13ClO3. The molecule has 0 saturated carbocycles. The van der Waals surface area contributed by atoms with Gasteiger partial charge in [-0.1, -0.05) is 18.2 Å². The highest BCUT2D eigenvalue weighted by atomic mass is 35.5. The van der Waals surface area contributed by atoms with Crippen molar-refractivity contribution in [2.45, 2.75) is 25.6 Å². The third-order valence-corrected chi connectivity index (χ3v) is 2.92. The molecule has 1 atom stereocenters. The van der Waals surface area contributed by atoms with Crippen molar-refractivity contribution in [3.8, 4) is 0 Å². The lowest BCUT2D eigenvalue weighted by molar-refractivity contribution is -0.136. The zero-order valence-electron chi connectivity index (χ0n) is 9.16. The summed E-state index contributed by atoms with van der Waals surface area (Å²) in [5.74, 6) is -1.04. The van der Waals surface area contributed by atoms with Gasteiger partial charge in [0.25, 0.3) is 0 Å². The fraction of sp³-hybridized carbons (Fsp3) is 0.333. The van der Waals surface area contributed by atoms with Gasteiger partial charge in [-0.3, -0.25) is 9.59 Å². The van der Waals surface area contributed by atoms with Gasteiger partial charge >= 0.3 is 5.97 Å². The van der Waals surface area contributed by atoms with Gasteiger partial charge in [-0.2, -0.15) is 0 Å². The highest BCUT2D eigenvalue weighted by Gasteiger charge is 2.14. The van der Waals surface area contributed by atoms with E-state index in [1.54, 1.807) is 18.2 Å². The minimum atomic E-state index is -0.894. The van der Waals surface area contributed by atoms with E-state index in [1.165, 1.54) is 6.92 Å². The Morgan fingerprint density at radius 1 is 1.44 bits per heavy atom. The van der Waals surface area contributed by atoms with E-state index >= 15 is 0 Å². The van der Waals surface area contributed by atoms with E-state index in [0.717, 1.165) is 5.56 Å². The number of carbonyl (C=O) groups excluding carboxylic acids is 1. The Morgan fingerprint density at radius 3 is 2.56 bits per heavy atom. The summed E-state index contributed by atoms with van der Waals surface area (Å²) in [7, 11) is 0. The molecule has 86 valence electrons. The minimum Gasteiger partial charge on any atom is -0.481 e. The van der Waals surface area contributed by atoms with Crippen LogP contribution in [0.3, 0.4) is 0 Å². The maximum absolute atomic E-state index is 11.1.